The lowest BCUT2D eigenvalue weighted by Gasteiger charge is -2.40. The number of rotatable bonds is 10. The quantitative estimate of drug-likeness (QED) is 0.629. The number of nitrogens with zero attached hydrogens (tertiary/aromatic N) is 1. The fraction of sp³-hybridized carbons (Fsp3) is 1.00. The molecule has 2 nitrogen and oxygen atoms in total. The zero-order valence-electron chi connectivity index (χ0n) is 15.3. The summed E-state index contributed by atoms with van der Waals surface area (Å²) in [6.07, 6.45) is 9.60. The summed E-state index contributed by atoms with van der Waals surface area (Å²) in [5, 5.41) is 3.84. The summed E-state index contributed by atoms with van der Waals surface area (Å²) < 4.78 is 0. The molecular weight excluding hydrogens is 256 g/mol. The molecule has 1 aliphatic rings. The lowest BCUT2D eigenvalue weighted by atomic mass is 9.76. The molecule has 126 valence electrons. The molecule has 2 heteroatoms. The molecule has 0 aromatic carbocycles. The van der Waals surface area contributed by atoms with Crippen LogP contribution in [0, 0.1) is 11.8 Å². The molecule has 0 saturated heterocycles. The summed E-state index contributed by atoms with van der Waals surface area (Å²) in [5.74, 6) is 1.84. The van der Waals surface area contributed by atoms with Crippen molar-refractivity contribution in [3.8, 4) is 0 Å². The van der Waals surface area contributed by atoms with Crippen LogP contribution in [0.15, 0.2) is 0 Å². The fourth-order valence-corrected chi connectivity index (χ4v) is 4.01. The number of nitrogens with one attached hydrogen (secondary N) is 1. The Balaban J connectivity index is 2.63. The van der Waals surface area contributed by atoms with E-state index in [1.54, 1.807) is 0 Å². The Morgan fingerprint density at radius 1 is 1.10 bits per heavy atom. The van der Waals surface area contributed by atoms with Gasteiger partial charge in [-0.05, 0) is 64.0 Å². The minimum absolute atomic E-state index is 0.730. The van der Waals surface area contributed by atoms with Gasteiger partial charge in [-0.25, -0.2) is 0 Å². The molecular formula is C19H40N2. The van der Waals surface area contributed by atoms with Gasteiger partial charge in [0.2, 0.25) is 0 Å². The van der Waals surface area contributed by atoms with Gasteiger partial charge in [0, 0.05) is 18.6 Å². The van der Waals surface area contributed by atoms with Crippen LogP contribution in [-0.2, 0) is 0 Å². The predicted molar refractivity (Wildman–Crippen MR) is 94.8 cm³/mol. The van der Waals surface area contributed by atoms with Gasteiger partial charge in [-0.3, -0.25) is 0 Å². The number of hydrogen-bond acceptors (Lipinski definition) is 2. The third kappa shape index (κ3) is 6.28. The molecule has 1 aliphatic carbocycles. The molecule has 0 spiro atoms. The molecule has 4 atom stereocenters. The predicted octanol–water partition coefficient (Wildman–Crippen LogP) is 4.69. The maximum atomic E-state index is 3.84. The van der Waals surface area contributed by atoms with E-state index in [9.17, 15) is 0 Å². The first-order valence-corrected chi connectivity index (χ1v) is 9.63. The molecule has 0 aromatic heterocycles. The van der Waals surface area contributed by atoms with Gasteiger partial charge in [0.05, 0.1) is 0 Å². The fourth-order valence-electron chi connectivity index (χ4n) is 4.01. The van der Waals surface area contributed by atoms with Gasteiger partial charge in [0.25, 0.3) is 0 Å². The van der Waals surface area contributed by atoms with Crippen LogP contribution >= 0.6 is 0 Å². The SMILES string of the molecule is CCCNC1CCC(CCC)CC1CN(CC)C(C)CC. The van der Waals surface area contributed by atoms with Gasteiger partial charge >= 0.3 is 0 Å². The molecule has 0 aliphatic heterocycles. The van der Waals surface area contributed by atoms with Crippen molar-refractivity contribution in [1.29, 1.82) is 0 Å². The Labute approximate surface area is 134 Å². The normalized spacial score (nSPS) is 28.0. The van der Waals surface area contributed by atoms with Crippen molar-refractivity contribution in [2.24, 2.45) is 11.8 Å². The summed E-state index contributed by atoms with van der Waals surface area (Å²) in [5.41, 5.74) is 0. The van der Waals surface area contributed by atoms with Gasteiger partial charge < -0.3 is 10.2 Å². The van der Waals surface area contributed by atoms with Crippen molar-refractivity contribution >= 4 is 0 Å². The van der Waals surface area contributed by atoms with Gasteiger partial charge in [0.15, 0.2) is 0 Å². The maximum Gasteiger partial charge on any atom is 0.0108 e. The summed E-state index contributed by atoms with van der Waals surface area (Å²) in [6.45, 7) is 15.3. The van der Waals surface area contributed by atoms with Crippen molar-refractivity contribution in [1.82, 2.24) is 10.2 Å². The summed E-state index contributed by atoms with van der Waals surface area (Å²) in [7, 11) is 0. The van der Waals surface area contributed by atoms with E-state index < -0.39 is 0 Å². The van der Waals surface area contributed by atoms with Crippen LogP contribution < -0.4 is 5.32 Å². The molecule has 1 saturated carbocycles. The van der Waals surface area contributed by atoms with E-state index in [0.717, 1.165) is 23.9 Å². The van der Waals surface area contributed by atoms with Crippen LogP contribution in [0.3, 0.4) is 0 Å². The van der Waals surface area contributed by atoms with Crippen molar-refractivity contribution in [3.05, 3.63) is 0 Å². The summed E-state index contributed by atoms with van der Waals surface area (Å²) in [4.78, 5) is 2.71. The first-order chi connectivity index (χ1) is 10.2. The highest BCUT2D eigenvalue weighted by atomic mass is 15.1. The molecule has 1 N–H and O–H groups in total. The average molecular weight is 297 g/mol. The van der Waals surface area contributed by atoms with E-state index in [0.29, 0.717) is 0 Å². The third-order valence-corrected chi connectivity index (χ3v) is 5.53. The molecule has 0 heterocycles. The smallest absolute Gasteiger partial charge is 0.0108 e. The molecule has 4 unspecified atom stereocenters. The van der Waals surface area contributed by atoms with Crippen molar-refractivity contribution in [2.45, 2.75) is 91.6 Å². The van der Waals surface area contributed by atoms with E-state index in [4.69, 9.17) is 0 Å². The van der Waals surface area contributed by atoms with E-state index >= 15 is 0 Å². The second-order valence-corrected chi connectivity index (χ2v) is 7.13. The lowest BCUT2D eigenvalue weighted by molar-refractivity contribution is 0.114. The van der Waals surface area contributed by atoms with Crippen LogP contribution in [0.1, 0.15) is 79.6 Å². The highest BCUT2D eigenvalue weighted by Gasteiger charge is 2.31. The standard InChI is InChI=1S/C19H40N2/c1-6-10-17-11-12-19(20-13-7-2)18(14-17)15-21(9-4)16(5)8-3/h16-20H,6-15H2,1-5H3. The Morgan fingerprint density at radius 3 is 2.43 bits per heavy atom. The zero-order chi connectivity index (χ0) is 15.7. The zero-order valence-corrected chi connectivity index (χ0v) is 15.3. The monoisotopic (exact) mass is 296 g/mol. The Morgan fingerprint density at radius 2 is 1.86 bits per heavy atom. The van der Waals surface area contributed by atoms with Crippen molar-refractivity contribution < 1.29 is 0 Å². The molecule has 0 amide bonds. The molecule has 1 fully saturated rings. The number of hydrogen-bond donors (Lipinski definition) is 1. The first-order valence-electron chi connectivity index (χ1n) is 9.63. The van der Waals surface area contributed by atoms with Gasteiger partial charge in [-0.15, -0.1) is 0 Å². The Hall–Kier alpha value is -0.0800. The van der Waals surface area contributed by atoms with Crippen LogP contribution in [0.4, 0.5) is 0 Å². The molecule has 0 bridgehead atoms. The molecule has 1 rings (SSSR count). The van der Waals surface area contributed by atoms with Gasteiger partial charge in [0.1, 0.15) is 0 Å². The van der Waals surface area contributed by atoms with Gasteiger partial charge in [-0.2, -0.15) is 0 Å². The highest BCUT2D eigenvalue weighted by molar-refractivity contribution is 4.87. The second kappa shape index (κ2) is 10.6. The Bertz CT molecular complexity index is 254. The lowest BCUT2D eigenvalue weighted by Crippen LogP contribution is -2.47. The second-order valence-electron chi connectivity index (χ2n) is 7.13. The van der Waals surface area contributed by atoms with E-state index in [-0.39, 0.29) is 0 Å². The van der Waals surface area contributed by atoms with Crippen LogP contribution in [0.2, 0.25) is 0 Å². The summed E-state index contributed by atoms with van der Waals surface area (Å²) in [6, 6.07) is 1.49. The third-order valence-electron chi connectivity index (χ3n) is 5.53. The maximum absolute atomic E-state index is 3.84. The Kier molecular flexibility index (Phi) is 9.59. The van der Waals surface area contributed by atoms with Crippen molar-refractivity contribution in [2.75, 3.05) is 19.6 Å². The minimum atomic E-state index is 0.730. The highest BCUT2D eigenvalue weighted by Crippen LogP contribution is 2.33. The molecule has 0 radical (unpaired) electrons. The molecule has 21 heavy (non-hydrogen) atoms. The van der Waals surface area contributed by atoms with E-state index in [1.165, 1.54) is 64.6 Å². The molecule has 0 aromatic rings. The first kappa shape index (κ1) is 19.0. The summed E-state index contributed by atoms with van der Waals surface area (Å²) >= 11 is 0. The average Bonchev–Trinajstić information content (AvgIpc) is 2.51. The van der Waals surface area contributed by atoms with Crippen LogP contribution in [0.5, 0.6) is 0 Å². The van der Waals surface area contributed by atoms with E-state index in [2.05, 4.69) is 44.8 Å². The topological polar surface area (TPSA) is 15.3 Å². The van der Waals surface area contributed by atoms with Crippen LogP contribution in [-0.4, -0.2) is 36.6 Å². The van der Waals surface area contributed by atoms with E-state index in [1.807, 2.05) is 0 Å². The largest absolute Gasteiger partial charge is 0.314 e. The van der Waals surface area contributed by atoms with Crippen molar-refractivity contribution in [3.63, 3.8) is 0 Å². The van der Waals surface area contributed by atoms with Gasteiger partial charge in [-0.1, -0.05) is 40.5 Å². The minimum Gasteiger partial charge on any atom is -0.314 e. The van der Waals surface area contributed by atoms with Crippen LogP contribution in [0.25, 0.3) is 0 Å².